The van der Waals surface area contributed by atoms with Gasteiger partial charge in [-0.15, -0.1) is 5.43 Å². The number of rotatable bonds is 0. The van der Waals surface area contributed by atoms with Crippen LogP contribution in [-0.2, 0) is 0 Å². The van der Waals surface area contributed by atoms with Gasteiger partial charge in [0, 0.05) is 6.04 Å². The Morgan fingerprint density at radius 1 is 1.80 bits per heavy atom. The first kappa shape index (κ1) is 2.55. The van der Waals surface area contributed by atoms with E-state index in [0.29, 0.717) is 6.54 Å². The number of hydrogen-bond donors (Lipinski definition) is 1. The van der Waals surface area contributed by atoms with Crippen LogP contribution in [0.1, 0.15) is 0 Å². The van der Waals surface area contributed by atoms with E-state index in [1.165, 1.54) is 0 Å². The van der Waals surface area contributed by atoms with Crippen LogP contribution in [0.2, 0.25) is 0 Å². The molecule has 5 heavy (non-hydrogen) atoms. The van der Waals surface area contributed by atoms with E-state index in [4.69, 9.17) is 0 Å². The molecule has 0 aromatic rings. The molecule has 0 aromatic heterocycles. The summed E-state index contributed by atoms with van der Waals surface area (Å²) in [7, 11) is 0. The second-order valence-electron chi connectivity index (χ2n) is 0.730. The Hall–Kier alpha value is -0.680. The van der Waals surface area contributed by atoms with Crippen molar-refractivity contribution >= 4 is 0 Å². The number of nitrogens with one attached hydrogen (secondary N) is 1. The second-order valence-corrected chi connectivity index (χ2v) is 0.730. The molecular formula is C3H3N2. The third kappa shape index (κ3) is 0.310. The molecule has 0 spiro atoms. The monoisotopic (exact) mass is 67.0 g/mol. The molecule has 0 fully saturated rings. The SMILES string of the molecule is C1#CN[N]C1. The summed E-state index contributed by atoms with van der Waals surface area (Å²) in [5.41, 5.74) is 6.10. The molecule has 0 aliphatic carbocycles. The van der Waals surface area contributed by atoms with Gasteiger partial charge in [-0.1, -0.05) is 5.92 Å². The lowest BCUT2D eigenvalue weighted by Crippen LogP contribution is -2.11. The maximum atomic E-state index is 3.61. The highest BCUT2D eigenvalue weighted by Crippen LogP contribution is 1.57. The Morgan fingerprint density at radius 2 is 2.80 bits per heavy atom. The molecule has 0 aromatic carbocycles. The number of hydrogen-bond acceptors (Lipinski definition) is 1. The molecule has 1 rings (SSSR count). The summed E-state index contributed by atoms with van der Waals surface area (Å²) in [6.07, 6.45) is 0. The van der Waals surface area contributed by atoms with Crippen molar-refractivity contribution < 1.29 is 0 Å². The van der Waals surface area contributed by atoms with Crippen LogP contribution in [0.5, 0.6) is 0 Å². The lowest BCUT2D eigenvalue weighted by atomic mass is 10.7. The summed E-state index contributed by atoms with van der Waals surface area (Å²) < 4.78 is 0. The summed E-state index contributed by atoms with van der Waals surface area (Å²) in [6.45, 7) is 0.653. The molecule has 0 saturated heterocycles. The summed E-state index contributed by atoms with van der Waals surface area (Å²) >= 11 is 0. The van der Waals surface area contributed by atoms with E-state index in [9.17, 15) is 0 Å². The predicted molar refractivity (Wildman–Crippen MR) is 17.9 cm³/mol. The smallest absolute Gasteiger partial charge is 0.0994 e. The zero-order chi connectivity index (χ0) is 3.54. The molecule has 0 saturated carbocycles. The molecule has 1 radical (unpaired) electrons. The van der Waals surface area contributed by atoms with E-state index >= 15 is 0 Å². The minimum Gasteiger partial charge on any atom is -0.261 e. The average Bonchev–Trinajstić information content (AvgIpc) is 1.76. The fourth-order valence-corrected chi connectivity index (χ4v) is 0.198. The van der Waals surface area contributed by atoms with Gasteiger partial charge in [0.15, 0.2) is 0 Å². The molecular weight excluding hydrogens is 64.0 g/mol. The van der Waals surface area contributed by atoms with Crippen LogP contribution in [0.15, 0.2) is 0 Å². The van der Waals surface area contributed by atoms with Crippen LogP contribution in [0, 0.1) is 12.0 Å². The summed E-state index contributed by atoms with van der Waals surface area (Å²) in [6, 6.07) is 2.56. The lowest BCUT2D eigenvalue weighted by molar-refractivity contribution is 0.720. The molecule has 1 aliphatic heterocycles. The van der Waals surface area contributed by atoms with Crippen LogP contribution in [0.4, 0.5) is 0 Å². The molecule has 2 heteroatoms. The standard InChI is InChI=1S/C3H3N2/c1-2-4-5-3-1/h5H,2H2. The quantitative estimate of drug-likeness (QED) is 0.364. The molecule has 1 N–H and O–H groups in total. The van der Waals surface area contributed by atoms with Crippen LogP contribution in [0.3, 0.4) is 0 Å². The molecule has 1 heterocycles. The first-order valence-electron chi connectivity index (χ1n) is 1.39. The molecule has 0 bridgehead atoms. The van der Waals surface area contributed by atoms with Crippen LogP contribution >= 0.6 is 0 Å². The van der Waals surface area contributed by atoms with Gasteiger partial charge in [0.05, 0.1) is 6.54 Å². The zero-order valence-electron chi connectivity index (χ0n) is 2.65. The van der Waals surface area contributed by atoms with Crippen molar-refractivity contribution in [3.05, 3.63) is 0 Å². The van der Waals surface area contributed by atoms with E-state index < -0.39 is 0 Å². The van der Waals surface area contributed by atoms with Gasteiger partial charge in [-0.05, 0) is 0 Å². The summed E-state index contributed by atoms with van der Waals surface area (Å²) in [5, 5.41) is 0. The van der Waals surface area contributed by atoms with Gasteiger partial charge in [-0.25, -0.2) is 0 Å². The van der Waals surface area contributed by atoms with E-state index in [1.54, 1.807) is 0 Å². The molecule has 2 nitrogen and oxygen atoms in total. The fourth-order valence-electron chi connectivity index (χ4n) is 0.198. The topological polar surface area (TPSA) is 26.1 Å². The van der Waals surface area contributed by atoms with Gasteiger partial charge in [-0.2, -0.15) is 0 Å². The second kappa shape index (κ2) is 0.958. The third-order valence-electron chi connectivity index (χ3n) is 0.381. The van der Waals surface area contributed by atoms with E-state index in [1.807, 2.05) is 0 Å². The van der Waals surface area contributed by atoms with Gasteiger partial charge in [0.1, 0.15) is 0 Å². The first-order valence-corrected chi connectivity index (χ1v) is 1.39. The Bertz CT molecular complexity index is 68.6. The van der Waals surface area contributed by atoms with Crippen LogP contribution in [-0.4, -0.2) is 6.54 Å². The van der Waals surface area contributed by atoms with Crippen LogP contribution < -0.4 is 10.9 Å². The molecule has 1 aliphatic rings. The van der Waals surface area contributed by atoms with Gasteiger partial charge < -0.3 is 0 Å². The van der Waals surface area contributed by atoms with Gasteiger partial charge in [0.25, 0.3) is 0 Å². The largest absolute Gasteiger partial charge is 0.261 e. The normalized spacial score (nSPS) is 16.0. The minimum atomic E-state index is 0.653. The third-order valence-corrected chi connectivity index (χ3v) is 0.381. The maximum Gasteiger partial charge on any atom is 0.0994 e. The highest BCUT2D eigenvalue weighted by molar-refractivity contribution is 5.02. The molecule has 25 valence electrons. The van der Waals surface area contributed by atoms with Crippen LogP contribution in [0.25, 0.3) is 0 Å². The maximum absolute atomic E-state index is 3.61. The summed E-state index contributed by atoms with van der Waals surface area (Å²) in [5.74, 6) is 2.69. The van der Waals surface area contributed by atoms with Crippen molar-refractivity contribution in [1.82, 2.24) is 10.9 Å². The van der Waals surface area contributed by atoms with Crippen molar-refractivity contribution in [2.45, 2.75) is 0 Å². The van der Waals surface area contributed by atoms with E-state index in [2.05, 4.69) is 22.8 Å². The van der Waals surface area contributed by atoms with Crippen molar-refractivity contribution in [3.63, 3.8) is 0 Å². The van der Waals surface area contributed by atoms with Crippen molar-refractivity contribution in [3.8, 4) is 12.0 Å². The molecule has 0 amide bonds. The van der Waals surface area contributed by atoms with Gasteiger partial charge in [0.2, 0.25) is 0 Å². The van der Waals surface area contributed by atoms with Crippen molar-refractivity contribution in [2.24, 2.45) is 0 Å². The zero-order valence-corrected chi connectivity index (χ0v) is 2.65. The van der Waals surface area contributed by atoms with Gasteiger partial charge >= 0.3 is 0 Å². The summed E-state index contributed by atoms with van der Waals surface area (Å²) in [4.78, 5) is 0. The Kier molecular flexibility index (Phi) is 0.489. The Morgan fingerprint density at radius 3 is 3.00 bits per heavy atom. The van der Waals surface area contributed by atoms with E-state index in [0.717, 1.165) is 0 Å². The molecule has 0 atom stereocenters. The number of nitrogens with zero attached hydrogens (tertiary/aromatic N) is 1. The Balaban J connectivity index is 2.42. The minimum absolute atomic E-state index is 0.653. The highest BCUT2D eigenvalue weighted by atomic mass is 15.3. The first-order chi connectivity index (χ1) is 2.50. The van der Waals surface area contributed by atoms with Crippen molar-refractivity contribution in [2.75, 3.05) is 6.54 Å². The molecule has 0 unspecified atom stereocenters. The predicted octanol–water partition coefficient (Wildman–Crippen LogP) is -0.930. The average molecular weight is 67.1 g/mol. The Labute approximate surface area is 30.5 Å². The van der Waals surface area contributed by atoms with Gasteiger partial charge in [-0.3, -0.25) is 5.43 Å². The highest BCUT2D eigenvalue weighted by Gasteiger charge is 1.80. The fraction of sp³-hybridized carbons (Fsp3) is 0.333. The lowest BCUT2D eigenvalue weighted by Gasteiger charge is -1.76. The van der Waals surface area contributed by atoms with E-state index in [-0.39, 0.29) is 0 Å². The van der Waals surface area contributed by atoms with Crippen molar-refractivity contribution in [1.29, 1.82) is 0 Å².